The summed E-state index contributed by atoms with van der Waals surface area (Å²) in [6.45, 7) is 0. The third-order valence-electron chi connectivity index (χ3n) is 3.75. The van der Waals surface area contributed by atoms with Crippen molar-refractivity contribution in [1.82, 2.24) is 0 Å². The molecule has 1 aromatic heterocycles. The van der Waals surface area contributed by atoms with E-state index in [1.807, 2.05) is 0 Å². The molecule has 0 atom stereocenters. The molecule has 0 amide bonds. The number of nitrogens with one attached hydrogen (secondary N) is 2. The Morgan fingerprint density at radius 3 is 2.62 bits per heavy atom. The second-order valence-electron chi connectivity index (χ2n) is 5.63. The molecule has 11 heteroatoms. The molecule has 0 saturated carbocycles. The van der Waals surface area contributed by atoms with E-state index < -0.39 is 20.6 Å². The number of rotatable bonds is 8. The van der Waals surface area contributed by atoms with Gasteiger partial charge >= 0.3 is 0 Å². The van der Waals surface area contributed by atoms with Gasteiger partial charge in [0.15, 0.2) is 0 Å². The maximum Gasteiger partial charge on any atom is 0.295 e. The molecule has 150 valence electrons. The lowest BCUT2D eigenvalue weighted by molar-refractivity contribution is -0.384. The fraction of sp³-hybridized carbons (Fsp3) is 0.0556. The van der Waals surface area contributed by atoms with Gasteiger partial charge in [-0.05, 0) is 36.4 Å². The van der Waals surface area contributed by atoms with E-state index in [-0.39, 0.29) is 16.3 Å². The first-order chi connectivity index (χ1) is 13.9. The predicted octanol–water partition coefficient (Wildman–Crippen LogP) is 3.44. The van der Waals surface area contributed by atoms with E-state index in [0.717, 1.165) is 6.07 Å². The molecule has 0 spiro atoms. The van der Waals surface area contributed by atoms with Crippen LogP contribution < -0.4 is 14.9 Å². The van der Waals surface area contributed by atoms with Crippen molar-refractivity contribution >= 4 is 33.3 Å². The second kappa shape index (κ2) is 8.44. The van der Waals surface area contributed by atoms with Crippen LogP contribution in [0.4, 0.5) is 17.1 Å². The number of anilines is 2. The first kappa shape index (κ1) is 19.9. The Bertz CT molecular complexity index is 1140. The fourth-order valence-corrected chi connectivity index (χ4v) is 3.48. The van der Waals surface area contributed by atoms with Gasteiger partial charge in [0.2, 0.25) is 0 Å². The number of para-hydroxylation sites is 2. The number of nitrogens with zero attached hydrogens (tertiary/aromatic N) is 2. The molecule has 3 rings (SSSR count). The van der Waals surface area contributed by atoms with Crippen LogP contribution >= 0.6 is 0 Å². The summed E-state index contributed by atoms with van der Waals surface area (Å²) in [5.41, 5.74) is 2.29. The topological polar surface area (TPSA) is 136 Å². The number of benzene rings is 2. The summed E-state index contributed by atoms with van der Waals surface area (Å²) in [6.07, 6.45) is 2.79. The number of methoxy groups -OCH3 is 1. The highest BCUT2D eigenvalue weighted by molar-refractivity contribution is 7.92. The molecule has 0 unspecified atom stereocenters. The van der Waals surface area contributed by atoms with Crippen LogP contribution in [0.2, 0.25) is 0 Å². The molecule has 2 aromatic carbocycles. The Morgan fingerprint density at radius 1 is 1.14 bits per heavy atom. The minimum absolute atomic E-state index is 0.0223. The van der Waals surface area contributed by atoms with Gasteiger partial charge in [0.1, 0.15) is 17.2 Å². The van der Waals surface area contributed by atoms with Gasteiger partial charge in [-0.15, -0.1) is 0 Å². The van der Waals surface area contributed by atoms with Gasteiger partial charge in [-0.1, -0.05) is 12.1 Å². The van der Waals surface area contributed by atoms with Crippen molar-refractivity contribution in [1.29, 1.82) is 0 Å². The predicted molar refractivity (Wildman–Crippen MR) is 107 cm³/mol. The van der Waals surface area contributed by atoms with E-state index in [9.17, 15) is 18.5 Å². The molecule has 2 N–H and O–H groups in total. The summed E-state index contributed by atoms with van der Waals surface area (Å²) in [5, 5.41) is 15.3. The van der Waals surface area contributed by atoms with Crippen LogP contribution in [-0.4, -0.2) is 26.7 Å². The van der Waals surface area contributed by atoms with E-state index in [1.165, 1.54) is 37.8 Å². The smallest absolute Gasteiger partial charge is 0.295 e. The highest BCUT2D eigenvalue weighted by atomic mass is 32.2. The molecule has 0 aliphatic heterocycles. The number of nitro benzene ring substituents is 1. The van der Waals surface area contributed by atoms with Crippen LogP contribution in [0.3, 0.4) is 0 Å². The largest absolute Gasteiger partial charge is 0.495 e. The molecule has 0 aliphatic rings. The first-order valence-corrected chi connectivity index (χ1v) is 9.66. The highest BCUT2D eigenvalue weighted by Gasteiger charge is 2.22. The molecule has 0 saturated heterocycles. The highest BCUT2D eigenvalue weighted by Crippen LogP contribution is 2.30. The summed E-state index contributed by atoms with van der Waals surface area (Å²) in [4.78, 5) is 10.4. The summed E-state index contributed by atoms with van der Waals surface area (Å²) in [5.74, 6) is 0.761. The quantitative estimate of drug-likeness (QED) is 0.326. The van der Waals surface area contributed by atoms with E-state index in [4.69, 9.17) is 9.15 Å². The van der Waals surface area contributed by atoms with Gasteiger partial charge in [-0.3, -0.25) is 20.3 Å². The zero-order valence-electron chi connectivity index (χ0n) is 15.1. The Hall–Kier alpha value is -3.86. The lowest BCUT2D eigenvalue weighted by Gasteiger charge is -2.12. The van der Waals surface area contributed by atoms with E-state index in [1.54, 1.807) is 30.3 Å². The third kappa shape index (κ3) is 4.71. The molecule has 0 aliphatic carbocycles. The lowest BCUT2D eigenvalue weighted by atomic mass is 10.3. The Morgan fingerprint density at radius 2 is 1.93 bits per heavy atom. The average Bonchev–Trinajstić information content (AvgIpc) is 3.21. The Labute approximate surface area is 166 Å². The maximum atomic E-state index is 12.7. The zero-order chi connectivity index (χ0) is 20.9. The minimum atomic E-state index is -4.09. The summed E-state index contributed by atoms with van der Waals surface area (Å²) in [6, 6.07) is 13.2. The van der Waals surface area contributed by atoms with Gasteiger partial charge in [-0.2, -0.15) is 5.10 Å². The van der Waals surface area contributed by atoms with Crippen molar-refractivity contribution < 1.29 is 22.5 Å². The molecule has 1 heterocycles. The Kier molecular flexibility index (Phi) is 5.79. The van der Waals surface area contributed by atoms with Crippen LogP contribution in [-0.2, 0) is 10.0 Å². The molecule has 0 bridgehead atoms. The first-order valence-electron chi connectivity index (χ1n) is 8.17. The standard InChI is InChI=1S/C18H16N4O6S/c1-27-18-7-3-2-6-16(18)21-29(25,26)14-8-9-15(17(11-14)22(23)24)20-19-12-13-5-4-10-28-13/h2-12,20-21H,1H3/b19-12+. The van der Waals surface area contributed by atoms with E-state index >= 15 is 0 Å². The Balaban J connectivity index is 1.87. The van der Waals surface area contributed by atoms with Crippen molar-refractivity contribution in [2.75, 3.05) is 17.3 Å². The van der Waals surface area contributed by atoms with Crippen LogP contribution in [0.5, 0.6) is 5.75 Å². The van der Waals surface area contributed by atoms with Crippen LogP contribution in [0, 0.1) is 10.1 Å². The number of hydrazone groups is 1. The normalized spacial score (nSPS) is 11.3. The summed E-state index contributed by atoms with van der Waals surface area (Å²) in [7, 11) is -2.69. The van der Waals surface area contributed by atoms with Gasteiger partial charge < -0.3 is 9.15 Å². The number of hydrogen-bond donors (Lipinski definition) is 2. The van der Waals surface area contributed by atoms with Gasteiger partial charge in [0.25, 0.3) is 15.7 Å². The molecular formula is C18H16N4O6S. The van der Waals surface area contributed by atoms with Crippen LogP contribution in [0.1, 0.15) is 5.76 Å². The van der Waals surface area contributed by atoms with Crippen molar-refractivity contribution in [2.45, 2.75) is 4.90 Å². The number of sulfonamides is 1. The fourth-order valence-electron chi connectivity index (χ4n) is 2.39. The third-order valence-corrected chi connectivity index (χ3v) is 5.11. The van der Waals surface area contributed by atoms with E-state index in [0.29, 0.717) is 11.5 Å². The van der Waals surface area contributed by atoms with Crippen LogP contribution in [0.15, 0.2) is 75.3 Å². The summed E-state index contributed by atoms with van der Waals surface area (Å²) >= 11 is 0. The molecule has 3 aromatic rings. The number of hydrogen-bond acceptors (Lipinski definition) is 8. The van der Waals surface area contributed by atoms with Crippen molar-refractivity contribution in [3.8, 4) is 5.75 Å². The van der Waals surface area contributed by atoms with Crippen molar-refractivity contribution in [3.63, 3.8) is 0 Å². The number of furan rings is 1. The molecular weight excluding hydrogens is 400 g/mol. The minimum Gasteiger partial charge on any atom is -0.495 e. The van der Waals surface area contributed by atoms with Gasteiger partial charge in [0.05, 0.1) is 35.1 Å². The van der Waals surface area contributed by atoms with Gasteiger partial charge in [0, 0.05) is 6.07 Å². The van der Waals surface area contributed by atoms with Crippen molar-refractivity contribution in [2.24, 2.45) is 5.10 Å². The molecule has 10 nitrogen and oxygen atoms in total. The monoisotopic (exact) mass is 416 g/mol. The number of nitro groups is 1. The number of ether oxygens (including phenoxy) is 1. The van der Waals surface area contributed by atoms with Gasteiger partial charge in [-0.25, -0.2) is 8.42 Å². The average molecular weight is 416 g/mol. The zero-order valence-corrected chi connectivity index (χ0v) is 15.9. The molecule has 29 heavy (non-hydrogen) atoms. The SMILES string of the molecule is COc1ccccc1NS(=O)(=O)c1ccc(N/N=C/c2ccco2)c([N+](=O)[O-])c1. The van der Waals surface area contributed by atoms with Crippen LogP contribution in [0.25, 0.3) is 0 Å². The molecule has 0 radical (unpaired) electrons. The second-order valence-corrected chi connectivity index (χ2v) is 7.31. The lowest BCUT2D eigenvalue weighted by Crippen LogP contribution is -2.14. The van der Waals surface area contributed by atoms with Crippen molar-refractivity contribution in [3.05, 3.63) is 76.7 Å². The maximum absolute atomic E-state index is 12.7. The summed E-state index contributed by atoms with van der Waals surface area (Å²) < 4.78 is 37.9. The molecule has 0 fully saturated rings. The van der Waals surface area contributed by atoms with E-state index in [2.05, 4.69) is 15.2 Å².